The van der Waals surface area contributed by atoms with Gasteiger partial charge in [0.05, 0.1) is 11.9 Å². The minimum Gasteiger partial charge on any atom is -0.321 e. The lowest BCUT2D eigenvalue weighted by Crippen LogP contribution is -2.07. The Bertz CT molecular complexity index is 589. The predicted molar refractivity (Wildman–Crippen MR) is 75.0 cm³/mol. The van der Waals surface area contributed by atoms with Crippen molar-refractivity contribution in [1.82, 2.24) is 9.78 Å². The number of rotatable bonds is 3. The van der Waals surface area contributed by atoms with E-state index in [9.17, 15) is 4.79 Å². The molecule has 0 aliphatic carbocycles. The maximum Gasteiger partial charge on any atom is 0.248 e. The molecule has 1 aromatic carbocycles. The molecule has 2 aromatic rings. The van der Waals surface area contributed by atoms with Crippen molar-refractivity contribution in [3.8, 4) is 0 Å². The predicted octanol–water partition coefficient (Wildman–Crippen LogP) is 2.83. The molecule has 2 rings (SSSR count). The van der Waals surface area contributed by atoms with Gasteiger partial charge in [0.1, 0.15) is 0 Å². The second kappa shape index (κ2) is 5.64. The topological polar surface area (TPSA) is 46.9 Å². The first-order valence-electron chi connectivity index (χ1n) is 5.37. The molecule has 1 heterocycles. The summed E-state index contributed by atoms with van der Waals surface area (Å²) in [7, 11) is 1.83. The zero-order valence-electron chi connectivity index (χ0n) is 9.80. The van der Waals surface area contributed by atoms with Crippen LogP contribution in [0.3, 0.4) is 0 Å². The second-order valence-electron chi connectivity index (χ2n) is 3.75. The van der Waals surface area contributed by atoms with E-state index in [1.807, 2.05) is 37.5 Å². The average Bonchev–Trinajstić information content (AvgIpc) is 2.76. The normalized spacial score (nSPS) is 10.8. The zero-order chi connectivity index (χ0) is 13.0. The summed E-state index contributed by atoms with van der Waals surface area (Å²) in [6, 6.07) is 7.47. The van der Waals surface area contributed by atoms with E-state index in [2.05, 4.69) is 26.3 Å². The average molecular weight is 306 g/mol. The summed E-state index contributed by atoms with van der Waals surface area (Å²) < 4.78 is 2.54. The van der Waals surface area contributed by atoms with Gasteiger partial charge in [-0.1, -0.05) is 12.1 Å². The Labute approximate surface area is 113 Å². The molecule has 0 fully saturated rings. The molecular formula is C13H12BrN3O. The monoisotopic (exact) mass is 305 g/mol. The van der Waals surface area contributed by atoms with E-state index in [0.717, 1.165) is 15.7 Å². The number of nitrogens with one attached hydrogen (secondary N) is 1. The quantitative estimate of drug-likeness (QED) is 0.886. The van der Waals surface area contributed by atoms with Crippen LogP contribution in [0, 0.1) is 0 Å². The summed E-state index contributed by atoms with van der Waals surface area (Å²) in [6.07, 6.45) is 6.74. The standard InChI is InChI=1S/C13H12BrN3O/c1-17-9-10(8-15-17)6-7-13(18)16-12-5-3-2-4-11(12)14/h2-9H,1H3,(H,16,18)/b7-6+. The SMILES string of the molecule is Cn1cc(/C=C/C(=O)Nc2ccccc2Br)cn1. The van der Waals surface area contributed by atoms with Crippen LogP contribution in [0.25, 0.3) is 6.08 Å². The third-order valence-corrected chi connectivity index (χ3v) is 2.98. The number of carbonyl (C=O) groups is 1. The fourth-order valence-corrected chi connectivity index (χ4v) is 1.82. The van der Waals surface area contributed by atoms with E-state index in [0.29, 0.717) is 0 Å². The Hall–Kier alpha value is -1.88. The molecule has 1 aromatic heterocycles. The van der Waals surface area contributed by atoms with Gasteiger partial charge in [0.15, 0.2) is 0 Å². The third-order valence-electron chi connectivity index (χ3n) is 2.28. The summed E-state index contributed by atoms with van der Waals surface area (Å²) in [5.74, 6) is -0.175. The molecular weight excluding hydrogens is 294 g/mol. The van der Waals surface area contributed by atoms with Crippen LogP contribution < -0.4 is 5.32 Å². The number of hydrogen-bond acceptors (Lipinski definition) is 2. The van der Waals surface area contributed by atoms with Crippen LogP contribution in [0.1, 0.15) is 5.56 Å². The Morgan fingerprint density at radius 2 is 2.22 bits per heavy atom. The third kappa shape index (κ3) is 3.30. The van der Waals surface area contributed by atoms with Crippen molar-refractivity contribution in [3.05, 3.63) is 52.8 Å². The van der Waals surface area contributed by atoms with Gasteiger partial charge in [-0.15, -0.1) is 0 Å². The maximum absolute atomic E-state index is 11.7. The minimum atomic E-state index is -0.175. The molecule has 1 amide bonds. The van der Waals surface area contributed by atoms with E-state index in [1.165, 1.54) is 6.08 Å². The number of aromatic nitrogens is 2. The van der Waals surface area contributed by atoms with Gasteiger partial charge in [0.2, 0.25) is 5.91 Å². The van der Waals surface area contributed by atoms with Crippen molar-refractivity contribution in [2.24, 2.45) is 7.05 Å². The fourth-order valence-electron chi connectivity index (χ4n) is 1.44. The zero-order valence-corrected chi connectivity index (χ0v) is 11.4. The van der Waals surface area contributed by atoms with Crippen LogP contribution in [0.2, 0.25) is 0 Å². The van der Waals surface area contributed by atoms with Crippen molar-refractivity contribution in [3.63, 3.8) is 0 Å². The fraction of sp³-hybridized carbons (Fsp3) is 0.0769. The van der Waals surface area contributed by atoms with E-state index in [4.69, 9.17) is 0 Å². The van der Waals surface area contributed by atoms with Gasteiger partial charge >= 0.3 is 0 Å². The molecule has 92 valence electrons. The Morgan fingerprint density at radius 3 is 2.89 bits per heavy atom. The van der Waals surface area contributed by atoms with Gasteiger partial charge in [-0.05, 0) is 34.1 Å². The molecule has 0 saturated carbocycles. The summed E-state index contributed by atoms with van der Waals surface area (Å²) in [4.78, 5) is 11.7. The lowest BCUT2D eigenvalue weighted by Gasteiger charge is -2.03. The largest absolute Gasteiger partial charge is 0.321 e. The second-order valence-corrected chi connectivity index (χ2v) is 4.60. The molecule has 0 radical (unpaired) electrons. The highest BCUT2D eigenvalue weighted by Crippen LogP contribution is 2.21. The maximum atomic E-state index is 11.7. The Morgan fingerprint density at radius 1 is 1.44 bits per heavy atom. The Kier molecular flexibility index (Phi) is 3.94. The van der Waals surface area contributed by atoms with Crippen LogP contribution in [-0.4, -0.2) is 15.7 Å². The van der Waals surface area contributed by atoms with Gasteiger partial charge in [-0.25, -0.2) is 0 Å². The Balaban J connectivity index is 2.01. The molecule has 4 nitrogen and oxygen atoms in total. The summed E-state index contributed by atoms with van der Waals surface area (Å²) in [6.45, 7) is 0. The molecule has 0 saturated heterocycles. The first-order valence-corrected chi connectivity index (χ1v) is 6.17. The van der Waals surface area contributed by atoms with E-state index >= 15 is 0 Å². The molecule has 0 aliphatic rings. The first-order chi connectivity index (χ1) is 8.65. The molecule has 0 bridgehead atoms. The number of para-hydroxylation sites is 1. The van der Waals surface area contributed by atoms with Gasteiger partial charge in [-0.3, -0.25) is 9.48 Å². The molecule has 0 spiro atoms. The molecule has 18 heavy (non-hydrogen) atoms. The molecule has 5 heteroatoms. The smallest absolute Gasteiger partial charge is 0.248 e. The first kappa shape index (κ1) is 12.6. The van der Waals surface area contributed by atoms with Crippen LogP contribution in [0.5, 0.6) is 0 Å². The summed E-state index contributed by atoms with van der Waals surface area (Å²) in [5, 5.41) is 6.81. The highest BCUT2D eigenvalue weighted by atomic mass is 79.9. The molecule has 1 N–H and O–H groups in total. The lowest BCUT2D eigenvalue weighted by molar-refractivity contribution is -0.111. The van der Waals surface area contributed by atoms with E-state index in [-0.39, 0.29) is 5.91 Å². The number of hydrogen-bond donors (Lipinski definition) is 1. The number of amides is 1. The van der Waals surface area contributed by atoms with Crippen LogP contribution >= 0.6 is 15.9 Å². The molecule has 0 unspecified atom stereocenters. The van der Waals surface area contributed by atoms with Gasteiger partial charge in [-0.2, -0.15) is 5.10 Å². The molecule has 0 atom stereocenters. The summed E-state index contributed by atoms with van der Waals surface area (Å²) >= 11 is 3.37. The number of anilines is 1. The molecule has 0 aliphatic heterocycles. The van der Waals surface area contributed by atoms with Crippen molar-refractivity contribution in [2.75, 3.05) is 5.32 Å². The van der Waals surface area contributed by atoms with Crippen molar-refractivity contribution < 1.29 is 4.79 Å². The van der Waals surface area contributed by atoms with Crippen molar-refractivity contribution >= 4 is 33.6 Å². The highest BCUT2D eigenvalue weighted by molar-refractivity contribution is 9.10. The van der Waals surface area contributed by atoms with Crippen LogP contribution in [-0.2, 0) is 11.8 Å². The highest BCUT2D eigenvalue weighted by Gasteiger charge is 2.01. The van der Waals surface area contributed by atoms with Crippen molar-refractivity contribution in [2.45, 2.75) is 0 Å². The number of halogens is 1. The van der Waals surface area contributed by atoms with Gasteiger partial charge < -0.3 is 5.32 Å². The number of nitrogens with zero attached hydrogens (tertiary/aromatic N) is 2. The number of aryl methyl sites for hydroxylation is 1. The lowest BCUT2D eigenvalue weighted by atomic mass is 10.3. The van der Waals surface area contributed by atoms with E-state index in [1.54, 1.807) is 17.0 Å². The van der Waals surface area contributed by atoms with Gasteiger partial charge in [0, 0.05) is 29.4 Å². The van der Waals surface area contributed by atoms with Crippen LogP contribution in [0.4, 0.5) is 5.69 Å². The number of benzene rings is 1. The summed E-state index contributed by atoms with van der Waals surface area (Å²) in [5.41, 5.74) is 1.64. The number of carbonyl (C=O) groups excluding carboxylic acids is 1. The van der Waals surface area contributed by atoms with E-state index < -0.39 is 0 Å². The van der Waals surface area contributed by atoms with Gasteiger partial charge in [0.25, 0.3) is 0 Å². The minimum absolute atomic E-state index is 0.175. The van der Waals surface area contributed by atoms with Crippen LogP contribution in [0.15, 0.2) is 47.2 Å². The van der Waals surface area contributed by atoms with Crippen molar-refractivity contribution in [1.29, 1.82) is 0 Å².